The molecule has 0 fully saturated rings. The van der Waals surface area contributed by atoms with Crippen LogP contribution >= 0.6 is 22.9 Å². The van der Waals surface area contributed by atoms with Crippen LogP contribution in [-0.4, -0.2) is 11.3 Å². The summed E-state index contributed by atoms with van der Waals surface area (Å²) in [5.74, 6) is 0. The maximum absolute atomic E-state index is 11.6. The Labute approximate surface area is 141 Å². The second kappa shape index (κ2) is 5.49. The average molecular weight is 341 g/mol. The number of hydrogen-bond donors (Lipinski definition) is 2. The predicted octanol–water partition coefficient (Wildman–Crippen LogP) is 4.97. The van der Waals surface area contributed by atoms with E-state index in [0.717, 1.165) is 43.4 Å². The average Bonchev–Trinajstić information content (AvgIpc) is 3.14. The largest absolute Gasteiger partial charge is 0.354 e. The lowest BCUT2D eigenvalue weighted by atomic mass is 10.1. The molecular formula is C18H13ClN2OS. The number of carbonyl (C=O) groups is 1. The second-order valence-electron chi connectivity index (χ2n) is 5.41. The number of fused-ring (bicyclic) bond motifs is 2. The molecular weight excluding hydrogens is 328 g/mol. The Hall–Kier alpha value is -2.14. The van der Waals surface area contributed by atoms with Gasteiger partial charge in [-0.3, -0.25) is 4.79 Å². The molecule has 0 spiro atoms. The Balaban J connectivity index is 1.96. The monoisotopic (exact) mass is 340 g/mol. The van der Waals surface area contributed by atoms with Crippen LogP contribution in [-0.2, 0) is 6.54 Å². The summed E-state index contributed by atoms with van der Waals surface area (Å²) in [4.78, 5) is 16.0. The molecule has 4 rings (SSSR count). The number of carbonyl (C=O) groups excluding carboxylic acids is 1. The van der Waals surface area contributed by atoms with Gasteiger partial charge in [-0.05, 0) is 42.0 Å². The Morgan fingerprint density at radius 2 is 2.04 bits per heavy atom. The van der Waals surface area contributed by atoms with Crippen LogP contribution in [0.2, 0.25) is 5.02 Å². The van der Waals surface area contributed by atoms with Crippen molar-refractivity contribution in [1.29, 1.82) is 0 Å². The molecule has 0 amide bonds. The molecule has 0 bridgehead atoms. The van der Waals surface area contributed by atoms with Crippen molar-refractivity contribution in [2.45, 2.75) is 6.54 Å². The molecule has 23 heavy (non-hydrogen) atoms. The van der Waals surface area contributed by atoms with Crippen molar-refractivity contribution in [3.63, 3.8) is 0 Å². The smallest absolute Gasteiger partial charge is 0.152 e. The fourth-order valence-electron chi connectivity index (χ4n) is 2.84. The van der Waals surface area contributed by atoms with Gasteiger partial charge in [0.05, 0.1) is 10.6 Å². The first-order valence-electron chi connectivity index (χ1n) is 7.19. The number of benzene rings is 2. The molecule has 0 aliphatic rings. The Kier molecular flexibility index (Phi) is 3.45. The number of aldehydes is 1. The molecule has 3 N–H and O–H groups in total. The van der Waals surface area contributed by atoms with Gasteiger partial charge in [-0.1, -0.05) is 17.7 Å². The minimum absolute atomic E-state index is 0.511. The summed E-state index contributed by atoms with van der Waals surface area (Å²) in [7, 11) is 0. The van der Waals surface area contributed by atoms with Crippen LogP contribution in [0.4, 0.5) is 0 Å². The number of nitrogens with one attached hydrogen (secondary N) is 1. The van der Waals surface area contributed by atoms with E-state index in [4.69, 9.17) is 17.3 Å². The van der Waals surface area contributed by atoms with Gasteiger partial charge in [0.15, 0.2) is 6.29 Å². The fraction of sp³-hybridized carbons (Fsp3) is 0.0556. The van der Waals surface area contributed by atoms with Gasteiger partial charge in [0.1, 0.15) is 0 Å². The Bertz CT molecular complexity index is 1050. The molecule has 0 saturated carbocycles. The molecule has 0 atom stereocenters. The van der Waals surface area contributed by atoms with Crippen LogP contribution < -0.4 is 5.73 Å². The summed E-state index contributed by atoms with van der Waals surface area (Å²) >= 11 is 7.66. The third-order valence-corrected chi connectivity index (χ3v) is 5.43. The van der Waals surface area contributed by atoms with E-state index in [9.17, 15) is 4.79 Å². The van der Waals surface area contributed by atoms with Gasteiger partial charge in [-0.15, -0.1) is 11.3 Å². The number of hydrogen-bond acceptors (Lipinski definition) is 3. The van der Waals surface area contributed by atoms with Gasteiger partial charge in [0.25, 0.3) is 0 Å². The van der Waals surface area contributed by atoms with Gasteiger partial charge >= 0.3 is 0 Å². The van der Waals surface area contributed by atoms with E-state index in [1.807, 2.05) is 30.3 Å². The highest BCUT2D eigenvalue weighted by Gasteiger charge is 2.15. The second-order valence-corrected chi connectivity index (χ2v) is 6.90. The highest BCUT2D eigenvalue weighted by Crippen LogP contribution is 2.39. The number of thiophene rings is 1. The SMILES string of the molecule is NCc1ccc2[nH]c(-c3sc4ccc(Cl)cc4c3C=O)cc2c1. The number of rotatable bonds is 3. The minimum Gasteiger partial charge on any atom is -0.354 e. The topological polar surface area (TPSA) is 58.9 Å². The lowest BCUT2D eigenvalue weighted by molar-refractivity contribution is 0.112. The van der Waals surface area contributed by atoms with Gasteiger partial charge in [-0.25, -0.2) is 0 Å². The number of H-pyrrole nitrogens is 1. The normalized spacial score (nSPS) is 11.4. The van der Waals surface area contributed by atoms with Crippen molar-refractivity contribution >= 4 is 50.2 Å². The van der Waals surface area contributed by atoms with Crippen LogP contribution in [0.5, 0.6) is 0 Å². The lowest BCUT2D eigenvalue weighted by Crippen LogP contribution is -1.94. The van der Waals surface area contributed by atoms with Crippen molar-refractivity contribution in [2.24, 2.45) is 5.73 Å². The van der Waals surface area contributed by atoms with E-state index < -0.39 is 0 Å². The van der Waals surface area contributed by atoms with Gasteiger partial charge in [0, 0.05) is 38.1 Å². The summed E-state index contributed by atoms with van der Waals surface area (Å²) in [5, 5.41) is 2.62. The van der Waals surface area contributed by atoms with Gasteiger partial charge < -0.3 is 10.7 Å². The summed E-state index contributed by atoms with van der Waals surface area (Å²) < 4.78 is 1.05. The van der Waals surface area contributed by atoms with Crippen LogP contribution in [0.15, 0.2) is 42.5 Å². The van der Waals surface area contributed by atoms with E-state index in [1.165, 1.54) is 0 Å². The molecule has 2 aromatic heterocycles. The summed E-state index contributed by atoms with van der Waals surface area (Å²) in [5.41, 5.74) is 9.44. The molecule has 0 aliphatic heterocycles. The maximum Gasteiger partial charge on any atom is 0.152 e. The highest BCUT2D eigenvalue weighted by atomic mass is 35.5. The van der Waals surface area contributed by atoms with Crippen LogP contribution in [0.25, 0.3) is 31.6 Å². The quantitative estimate of drug-likeness (QED) is 0.517. The predicted molar refractivity (Wildman–Crippen MR) is 97.4 cm³/mol. The zero-order chi connectivity index (χ0) is 16.0. The molecule has 0 saturated heterocycles. The molecule has 4 aromatic rings. The fourth-order valence-corrected chi connectivity index (χ4v) is 4.13. The molecule has 3 nitrogen and oxygen atoms in total. The van der Waals surface area contributed by atoms with Crippen LogP contribution in [0, 0.1) is 0 Å². The molecule has 5 heteroatoms. The van der Waals surface area contributed by atoms with E-state index >= 15 is 0 Å². The highest BCUT2D eigenvalue weighted by molar-refractivity contribution is 7.22. The first kappa shape index (κ1) is 14.5. The third kappa shape index (κ3) is 2.36. The molecule has 0 radical (unpaired) electrons. The number of halogens is 1. The first-order valence-corrected chi connectivity index (χ1v) is 8.38. The number of nitrogens with two attached hydrogens (primary N) is 1. The van der Waals surface area contributed by atoms with Crippen LogP contribution in [0.1, 0.15) is 15.9 Å². The lowest BCUT2D eigenvalue weighted by Gasteiger charge is -1.95. The molecule has 114 valence electrons. The summed E-state index contributed by atoms with van der Waals surface area (Å²) in [6.07, 6.45) is 0.904. The zero-order valence-corrected chi connectivity index (χ0v) is 13.7. The van der Waals surface area contributed by atoms with E-state index in [2.05, 4.69) is 17.1 Å². The number of aromatic amines is 1. The summed E-state index contributed by atoms with van der Waals surface area (Å²) in [6, 6.07) is 13.8. The standard InChI is InChI=1S/C18H13ClN2OS/c19-12-2-4-17-13(7-12)14(9-22)18(23-17)16-6-11-5-10(8-20)1-3-15(11)21-16/h1-7,9,21H,8,20H2. The van der Waals surface area contributed by atoms with E-state index in [-0.39, 0.29) is 0 Å². The zero-order valence-electron chi connectivity index (χ0n) is 12.1. The summed E-state index contributed by atoms with van der Waals surface area (Å²) in [6.45, 7) is 0.511. The van der Waals surface area contributed by atoms with Gasteiger partial charge in [-0.2, -0.15) is 0 Å². The van der Waals surface area contributed by atoms with E-state index in [1.54, 1.807) is 11.3 Å². The van der Waals surface area contributed by atoms with E-state index in [0.29, 0.717) is 17.1 Å². The van der Waals surface area contributed by atoms with Gasteiger partial charge in [0.2, 0.25) is 0 Å². The van der Waals surface area contributed by atoms with Crippen molar-refractivity contribution in [3.05, 3.63) is 58.6 Å². The Morgan fingerprint density at radius 1 is 1.17 bits per heavy atom. The van der Waals surface area contributed by atoms with Crippen molar-refractivity contribution in [2.75, 3.05) is 0 Å². The van der Waals surface area contributed by atoms with Crippen molar-refractivity contribution < 1.29 is 4.79 Å². The molecule has 0 aliphatic carbocycles. The minimum atomic E-state index is 0.511. The van der Waals surface area contributed by atoms with Crippen molar-refractivity contribution in [3.8, 4) is 10.6 Å². The third-order valence-electron chi connectivity index (χ3n) is 3.97. The Morgan fingerprint density at radius 3 is 2.83 bits per heavy atom. The van der Waals surface area contributed by atoms with Crippen LogP contribution in [0.3, 0.4) is 0 Å². The molecule has 2 heterocycles. The van der Waals surface area contributed by atoms with Crippen molar-refractivity contribution in [1.82, 2.24) is 4.98 Å². The number of aromatic nitrogens is 1. The molecule has 0 unspecified atom stereocenters. The molecule has 2 aromatic carbocycles. The first-order chi connectivity index (χ1) is 11.2. The maximum atomic E-state index is 11.6.